The van der Waals surface area contributed by atoms with E-state index < -0.39 is 5.63 Å². The Morgan fingerprint density at radius 3 is 2.83 bits per heavy atom. The van der Waals surface area contributed by atoms with E-state index in [4.69, 9.17) is 9.15 Å². The van der Waals surface area contributed by atoms with Crippen LogP contribution in [0, 0.1) is 0 Å². The molecule has 2 aliphatic heterocycles. The van der Waals surface area contributed by atoms with Crippen LogP contribution in [0.1, 0.15) is 12.0 Å². The summed E-state index contributed by atoms with van der Waals surface area (Å²) in [5.74, 6) is 1.61. The Bertz CT molecular complexity index is 1130. The molecule has 2 aliphatic rings. The highest BCUT2D eigenvalue weighted by molar-refractivity contribution is 6.08. The lowest BCUT2D eigenvalue weighted by atomic mass is 10.0. The largest absolute Gasteiger partial charge is 0.497 e. The van der Waals surface area contributed by atoms with Crippen LogP contribution in [0.3, 0.4) is 0 Å². The van der Waals surface area contributed by atoms with Crippen LogP contribution < -0.4 is 20.8 Å². The van der Waals surface area contributed by atoms with Crippen LogP contribution in [0.25, 0.3) is 21.7 Å². The second-order valence-electron chi connectivity index (χ2n) is 6.35. The van der Waals surface area contributed by atoms with Crippen LogP contribution in [0.5, 0.6) is 5.75 Å². The van der Waals surface area contributed by atoms with Gasteiger partial charge in [0.2, 0.25) is 0 Å². The molecule has 2 aromatic heterocycles. The van der Waals surface area contributed by atoms with E-state index in [2.05, 4.69) is 4.90 Å². The van der Waals surface area contributed by atoms with Gasteiger partial charge < -0.3 is 14.1 Å². The predicted molar refractivity (Wildman–Crippen MR) is 91.3 cm³/mol. The third kappa shape index (κ3) is 1.60. The molecular weight excluding hydrogens is 308 g/mol. The van der Waals surface area contributed by atoms with Gasteiger partial charge in [-0.25, -0.2) is 4.79 Å². The first-order chi connectivity index (χ1) is 11.7. The van der Waals surface area contributed by atoms with Gasteiger partial charge in [-0.3, -0.25) is 9.36 Å². The van der Waals surface area contributed by atoms with E-state index in [-0.39, 0.29) is 10.9 Å². The van der Waals surface area contributed by atoms with Crippen molar-refractivity contribution in [1.29, 1.82) is 0 Å². The summed E-state index contributed by atoms with van der Waals surface area (Å²) in [6, 6.07) is 5.41. The zero-order chi connectivity index (χ0) is 16.4. The summed E-state index contributed by atoms with van der Waals surface area (Å²) >= 11 is 0. The van der Waals surface area contributed by atoms with E-state index >= 15 is 0 Å². The van der Waals surface area contributed by atoms with Gasteiger partial charge in [0.1, 0.15) is 22.5 Å². The number of hydrogen-bond donors (Lipinski definition) is 0. The van der Waals surface area contributed by atoms with Gasteiger partial charge in [0.15, 0.2) is 0 Å². The van der Waals surface area contributed by atoms with E-state index in [9.17, 15) is 9.59 Å². The van der Waals surface area contributed by atoms with E-state index in [1.165, 1.54) is 0 Å². The first-order valence-electron chi connectivity index (χ1n) is 8.14. The average molecular weight is 324 g/mol. The Kier molecular flexibility index (Phi) is 2.63. The Labute approximate surface area is 136 Å². The third-order valence-electron chi connectivity index (χ3n) is 5.14. The maximum atomic E-state index is 12.9. The minimum atomic E-state index is -0.564. The number of pyridine rings is 1. The maximum Gasteiger partial charge on any atom is 0.349 e. The molecule has 6 heteroatoms. The second-order valence-corrected chi connectivity index (χ2v) is 6.35. The fourth-order valence-electron chi connectivity index (χ4n) is 4.12. The van der Waals surface area contributed by atoms with E-state index in [0.29, 0.717) is 17.9 Å². The first kappa shape index (κ1) is 13.7. The fourth-order valence-corrected chi connectivity index (χ4v) is 4.12. The zero-order valence-corrected chi connectivity index (χ0v) is 13.3. The summed E-state index contributed by atoms with van der Waals surface area (Å²) in [6.45, 7) is 2.52. The van der Waals surface area contributed by atoms with Gasteiger partial charge in [0, 0.05) is 42.0 Å². The van der Waals surface area contributed by atoms with Gasteiger partial charge in [0.05, 0.1) is 7.11 Å². The van der Waals surface area contributed by atoms with E-state index in [1.54, 1.807) is 17.7 Å². The van der Waals surface area contributed by atoms with Crippen molar-refractivity contribution in [2.45, 2.75) is 19.4 Å². The molecule has 0 radical (unpaired) electrons. The number of anilines is 1. The van der Waals surface area contributed by atoms with Crippen molar-refractivity contribution in [2.75, 3.05) is 25.1 Å². The lowest BCUT2D eigenvalue weighted by molar-refractivity contribution is 0.414. The Balaban J connectivity index is 2.04. The van der Waals surface area contributed by atoms with Crippen molar-refractivity contribution in [3.63, 3.8) is 0 Å². The van der Waals surface area contributed by atoms with Crippen molar-refractivity contribution in [3.05, 3.63) is 44.5 Å². The molecule has 0 N–H and O–H groups in total. The van der Waals surface area contributed by atoms with Gasteiger partial charge >= 0.3 is 5.63 Å². The van der Waals surface area contributed by atoms with Crippen molar-refractivity contribution in [1.82, 2.24) is 4.57 Å². The molecule has 1 aromatic carbocycles. The normalized spacial score (nSPS) is 16.0. The molecule has 24 heavy (non-hydrogen) atoms. The molecule has 0 aliphatic carbocycles. The summed E-state index contributed by atoms with van der Waals surface area (Å²) in [5, 5.41) is 1.73. The molecule has 0 unspecified atom stereocenters. The number of rotatable bonds is 1. The topological polar surface area (TPSA) is 64.7 Å². The lowest BCUT2D eigenvalue weighted by Gasteiger charge is -2.28. The Morgan fingerprint density at radius 1 is 1.12 bits per heavy atom. The van der Waals surface area contributed by atoms with Gasteiger partial charge in [0.25, 0.3) is 5.56 Å². The summed E-state index contributed by atoms with van der Waals surface area (Å²) in [6.07, 6.45) is 1.77. The number of benzene rings is 1. The minimum absolute atomic E-state index is 0.176. The molecule has 5 rings (SSSR count). The predicted octanol–water partition coefficient (Wildman–Crippen LogP) is 1.88. The molecule has 0 fully saturated rings. The molecule has 4 heterocycles. The van der Waals surface area contributed by atoms with Gasteiger partial charge in [-0.1, -0.05) is 0 Å². The number of hydrogen-bond acceptors (Lipinski definition) is 5. The SMILES string of the molecule is COc1ccc2c(c1)oc(=O)c1c(=O)n3c4c(c12)CCN4CCC3. The van der Waals surface area contributed by atoms with Crippen molar-refractivity contribution in [3.8, 4) is 5.75 Å². The molecule has 0 atom stereocenters. The minimum Gasteiger partial charge on any atom is -0.497 e. The van der Waals surface area contributed by atoms with Crippen LogP contribution in [0.2, 0.25) is 0 Å². The summed E-state index contributed by atoms with van der Waals surface area (Å²) in [4.78, 5) is 27.7. The molecule has 6 nitrogen and oxygen atoms in total. The van der Waals surface area contributed by atoms with Gasteiger partial charge in [-0.2, -0.15) is 0 Å². The van der Waals surface area contributed by atoms with Crippen LogP contribution in [-0.2, 0) is 13.0 Å². The lowest BCUT2D eigenvalue weighted by Crippen LogP contribution is -2.36. The first-order valence-corrected chi connectivity index (χ1v) is 8.14. The Hall–Kier alpha value is -2.76. The van der Waals surface area contributed by atoms with Crippen LogP contribution in [-0.4, -0.2) is 24.8 Å². The van der Waals surface area contributed by atoms with Gasteiger partial charge in [-0.15, -0.1) is 0 Å². The molecule has 0 bridgehead atoms. The number of nitrogens with zero attached hydrogens (tertiary/aromatic N) is 2. The van der Waals surface area contributed by atoms with E-state index in [1.807, 2.05) is 12.1 Å². The fraction of sp³-hybridized carbons (Fsp3) is 0.333. The second kappa shape index (κ2) is 4.63. The summed E-state index contributed by atoms with van der Waals surface area (Å²) in [7, 11) is 1.57. The molecule has 3 aromatic rings. The number of ether oxygens (including phenoxy) is 1. The zero-order valence-electron chi connectivity index (χ0n) is 13.3. The number of aromatic nitrogens is 1. The van der Waals surface area contributed by atoms with Crippen LogP contribution in [0.15, 0.2) is 32.2 Å². The number of methoxy groups -OCH3 is 1. The molecule has 122 valence electrons. The molecule has 0 amide bonds. The van der Waals surface area contributed by atoms with E-state index in [0.717, 1.165) is 48.1 Å². The van der Waals surface area contributed by atoms with Crippen molar-refractivity contribution in [2.24, 2.45) is 0 Å². The maximum absolute atomic E-state index is 12.9. The van der Waals surface area contributed by atoms with Crippen LogP contribution in [0.4, 0.5) is 5.82 Å². The Morgan fingerprint density at radius 2 is 2.00 bits per heavy atom. The number of fused-ring (bicyclic) bond motifs is 4. The quantitative estimate of drug-likeness (QED) is 0.505. The molecule has 0 saturated carbocycles. The van der Waals surface area contributed by atoms with Crippen molar-refractivity contribution >= 4 is 27.6 Å². The standard InChI is InChI=1S/C18H16N2O4/c1-23-10-3-4-11-13(9-10)24-18(22)15-14(11)12-5-8-19-6-2-7-20(16(12)19)17(15)21/h3-4,9H,2,5-8H2,1H3. The van der Waals surface area contributed by atoms with Gasteiger partial charge in [-0.05, 0) is 25.0 Å². The monoisotopic (exact) mass is 324 g/mol. The highest BCUT2D eigenvalue weighted by atomic mass is 16.5. The molecule has 0 saturated heterocycles. The molecule has 0 spiro atoms. The highest BCUT2D eigenvalue weighted by Gasteiger charge is 2.31. The van der Waals surface area contributed by atoms with Crippen LogP contribution >= 0.6 is 0 Å². The third-order valence-corrected chi connectivity index (χ3v) is 5.14. The highest BCUT2D eigenvalue weighted by Crippen LogP contribution is 2.37. The van der Waals surface area contributed by atoms with Crippen molar-refractivity contribution < 1.29 is 9.15 Å². The molecular formula is C18H16N2O4. The smallest absolute Gasteiger partial charge is 0.349 e. The average Bonchev–Trinajstić information content (AvgIpc) is 3.03. The summed E-state index contributed by atoms with van der Waals surface area (Å²) < 4.78 is 12.4. The summed E-state index contributed by atoms with van der Waals surface area (Å²) in [5.41, 5.74) is 0.752.